The number of nitrogens with zero attached hydrogens (tertiary/aromatic N) is 3. The molecule has 1 saturated heterocycles. The van der Waals surface area contributed by atoms with Crippen molar-refractivity contribution < 1.29 is 9.59 Å². The van der Waals surface area contributed by atoms with Gasteiger partial charge in [0.15, 0.2) is 0 Å². The van der Waals surface area contributed by atoms with E-state index in [9.17, 15) is 9.59 Å². The van der Waals surface area contributed by atoms with Crippen molar-refractivity contribution in [3.05, 3.63) is 17.5 Å². The van der Waals surface area contributed by atoms with Gasteiger partial charge in [-0.25, -0.2) is 4.79 Å². The Morgan fingerprint density at radius 1 is 1.24 bits per heavy atom. The van der Waals surface area contributed by atoms with Gasteiger partial charge in [0, 0.05) is 37.4 Å². The minimum absolute atomic E-state index is 0.0384. The SMILES string of the molecule is CC(C)c1cc(C(=O)NC2CCN(C(=O)NC(C)(C)C)CC2)nn1C. The van der Waals surface area contributed by atoms with Crippen molar-refractivity contribution in [1.29, 1.82) is 0 Å². The summed E-state index contributed by atoms with van der Waals surface area (Å²) in [5.41, 5.74) is 1.26. The molecule has 3 amide bonds. The Labute approximate surface area is 150 Å². The lowest BCUT2D eigenvalue weighted by atomic mass is 10.0. The summed E-state index contributed by atoms with van der Waals surface area (Å²) in [7, 11) is 1.86. The third-order valence-corrected chi connectivity index (χ3v) is 4.34. The van der Waals surface area contributed by atoms with Crippen molar-refractivity contribution >= 4 is 11.9 Å². The molecule has 0 spiro atoms. The standard InChI is InChI=1S/C18H31N5O2/c1-12(2)15-11-14(21-22(15)6)16(24)19-13-7-9-23(10-8-13)17(25)20-18(3,4)5/h11-13H,7-10H2,1-6H3,(H,19,24)(H,20,25). The molecule has 1 aliphatic heterocycles. The molecule has 25 heavy (non-hydrogen) atoms. The molecule has 1 aromatic rings. The first-order chi connectivity index (χ1) is 11.6. The fourth-order valence-corrected chi connectivity index (χ4v) is 3.02. The molecule has 0 aliphatic carbocycles. The predicted octanol–water partition coefficient (Wildman–Crippen LogP) is 2.25. The fraction of sp³-hybridized carbons (Fsp3) is 0.722. The maximum absolute atomic E-state index is 12.4. The summed E-state index contributed by atoms with van der Waals surface area (Å²) in [6, 6.07) is 1.89. The van der Waals surface area contributed by atoms with Gasteiger partial charge in [-0.3, -0.25) is 9.48 Å². The number of carbonyl (C=O) groups is 2. The van der Waals surface area contributed by atoms with Crippen LogP contribution in [-0.4, -0.2) is 51.3 Å². The van der Waals surface area contributed by atoms with Crippen LogP contribution < -0.4 is 10.6 Å². The molecular weight excluding hydrogens is 318 g/mol. The number of likely N-dealkylation sites (tertiary alicyclic amines) is 1. The van der Waals surface area contributed by atoms with Gasteiger partial charge >= 0.3 is 6.03 Å². The minimum atomic E-state index is -0.241. The number of aryl methyl sites for hydroxylation is 1. The van der Waals surface area contributed by atoms with Gasteiger partial charge in [-0.05, 0) is 45.6 Å². The van der Waals surface area contributed by atoms with E-state index >= 15 is 0 Å². The van der Waals surface area contributed by atoms with Gasteiger partial charge < -0.3 is 15.5 Å². The quantitative estimate of drug-likeness (QED) is 0.878. The molecule has 7 heteroatoms. The van der Waals surface area contributed by atoms with Crippen molar-refractivity contribution in [2.24, 2.45) is 7.05 Å². The van der Waals surface area contributed by atoms with E-state index in [2.05, 4.69) is 29.6 Å². The summed E-state index contributed by atoms with van der Waals surface area (Å²) in [4.78, 5) is 26.4. The maximum atomic E-state index is 12.4. The van der Waals surface area contributed by atoms with E-state index in [-0.39, 0.29) is 23.5 Å². The zero-order valence-corrected chi connectivity index (χ0v) is 16.2. The highest BCUT2D eigenvalue weighted by Crippen LogP contribution is 2.16. The monoisotopic (exact) mass is 349 g/mol. The molecule has 1 fully saturated rings. The van der Waals surface area contributed by atoms with Crippen LogP contribution in [0, 0.1) is 0 Å². The van der Waals surface area contributed by atoms with Crippen LogP contribution in [0.15, 0.2) is 6.07 Å². The van der Waals surface area contributed by atoms with Gasteiger partial charge in [-0.15, -0.1) is 0 Å². The van der Waals surface area contributed by atoms with E-state index in [1.165, 1.54) is 0 Å². The fourth-order valence-electron chi connectivity index (χ4n) is 3.02. The van der Waals surface area contributed by atoms with E-state index in [4.69, 9.17) is 0 Å². The zero-order valence-electron chi connectivity index (χ0n) is 16.2. The van der Waals surface area contributed by atoms with Gasteiger partial charge in [0.25, 0.3) is 5.91 Å². The Morgan fingerprint density at radius 2 is 1.84 bits per heavy atom. The van der Waals surface area contributed by atoms with Gasteiger partial charge in [0.2, 0.25) is 0 Å². The molecule has 140 valence electrons. The maximum Gasteiger partial charge on any atom is 0.317 e. The first-order valence-electron chi connectivity index (χ1n) is 8.98. The number of hydrogen-bond donors (Lipinski definition) is 2. The molecule has 0 atom stereocenters. The van der Waals surface area contributed by atoms with E-state index in [0.29, 0.717) is 24.7 Å². The Bertz CT molecular complexity index is 622. The number of piperidine rings is 1. The van der Waals surface area contributed by atoms with Crippen LogP contribution in [0.25, 0.3) is 0 Å². The van der Waals surface area contributed by atoms with Crippen molar-refractivity contribution in [2.45, 2.75) is 65.0 Å². The molecule has 1 aliphatic rings. The smallest absolute Gasteiger partial charge is 0.317 e. The molecule has 0 aromatic carbocycles. The van der Waals surface area contributed by atoms with E-state index in [1.807, 2.05) is 38.8 Å². The summed E-state index contributed by atoms with van der Waals surface area (Å²) in [6.07, 6.45) is 1.51. The van der Waals surface area contributed by atoms with E-state index in [1.54, 1.807) is 4.68 Å². The van der Waals surface area contributed by atoms with E-state index in [0.717, 1.165) is 18.5 Å². The van der Waals surface area contributed by atoms with Crippen molar-refractivity contribution in [2.75, 3.05) is 13.1 Å². The third-order valence-electron chi connectivity index (χ3n) is 4.34. The van der Waals surface area contributed by atoms with Gasteiger partial charge in [0.1, 0.15) is 5.69 Å². The van der Waals surface area contributed by atoms with Crippen LogP contribution in [-0.2, 0) is 7.05 Å². The Hall–Kier alpha value is -2.05. The average molecular weight is 349 g/mol. The van der Waals surface area contributed by atoms with Crippen molar-refractivity contribution in [1.82, 2.24) is 25.3 Å². The predicted molar refractivity (Wildman–Crippen MR) is 97.6 cm³/mol. The highest BCUT2D eigenvalue weighted by atomic mass is 16.2. The highest BCUT2D eigenvalue weighted by Gasteiger charge is 2.26. The summed E-state index contributed by atoms with van der Waals surface area (Å²) < 4.78 is 1.76. The first kappa shape index (κ1) is 19.3. The van der Waals surface area contributed by atoms with Gasteiger partial charge in [-0.2, -0.15) is 5.10 Å². The topological polar surface area (TPSA) is 79.3 Å². The number of hydrogen-bond acceptors (Lipinski definition) is 3. The molecule has 2 rings (SSSR count). The number of nitrogens with one attached hydrogen (secondary N) is 2. The lowest BCUT2D eigenvalue weighted by molar-refractivity contribution is 0.0911. The first-order valence-corrected chi connectivity index (χ1v) is 8.98. The Morgan fingerprint density at radius 3 is 2.32 bits per heavy atom. The number of rotatable bonds is 3. The second-order valence-electron chi connectivity index (χ2n) is 8.15. The van der Waals surface area contributed by atoms with Gasteiger partial charge in [0.05, 0.1) is 0 Å². The molecule has 0 unspecified atom stereocenters. The second kappa shape index (κ2) is 7.45. The number of carbonyl (C=O) groups excluding carboxylic acids is 2. The number of amides is 3. The van der Waals surface area contributed by atoms with Crippen LogP contribution in [0.5, 0.6) is 0 Å². The Kier molecular flexibility index (Phi) is 5.75. The largest absolute Gasteiger partial charge is 0.348 e. The molecule has 0 bridgehead atoms. The number of aromatic nitrogens is 2. The van der Waals surface area contributed by atoms with Crippen molar-refractivity contribution in [3.8, 4) is 0 Å². The lowest BCUT2D eigenvalue weighted by Crippen LogP contribution is -2.53. The molecule has 2 heterocycles. The lowest BCUT2D eigenvalue weighted by Gasteiger charge is -2.34. The second-order valence-corrected chi connectivity index (χ2v) is 8.15. The van der Waals surface area contributed by atoms with Crippen LogP contribution in [0.1, 0.15) is 69.6 Å². The molecule has 1 aromatic heterocycles. The van der Waals surface area contributed by atoms with Crippen LogP contribution >= 0.6 is 0 Å². The van der Waals surface area contributed by atoms with Gasteiger partial charge in [-0.1, -0.05) is 13.8 Å². The summed E-state index contributed by atoms with van der Waals surface area (Å²) in [5.74, 6) is 0.184. The molecular formula is C18H31N5O2. The molecule has 0 saturated carbocycles. The highest BCUT2D eigenvalue weighted by molar-refractivity contribution is 5.92. The summed E-state index contributed by atoms with van der Waals surface area (Å²) >= 11 is 0. The van der Waals surface area contributed by atoms with Crippen molar-refractivity contribution in [3.63, 3.8) is 0 Å². The minimum Gasteiger partial charge on any atom is -0.348 e. The zero-order chi connectivity index (χ0) is 18.8. The van der Waals surface area contributed by atoms with Crippen LogP contribution in [0.4, 0.5) is 4.79 Å². The molecule has 0 radical (unpaired) electrons. The number of urea groups is 1. The molecule has 7 nitrogen and oxygen atoms in total. The normalized spacial score (nSPS) is 16.2. The van der Waals surface area contributed by atoms with E-state index < -0.39 is 0 Å². The molecule has 2 N–H and O–H groups in total. The average Bonchev–Trinajstić information content (AvgIpc) is 2.88. The Balaban J connectivity index is 1.86. The van der Waals surface area contributed by atoms with Crippen LogP contribution in [0.2, 0.25) is 0 Å². The van der Waals surface area contributed by atoms with Crippen LogP contribution in [0.3, 0.4) is 0 Å². The summed E-state index contributed by atoms with van der Waals surface area (Å²) in [6.45, 7) is 11.4. The third kappa shape index (κ3) is 5.21. The summed E-state index contributed by atoms with van der Waals surface area (Å²) in [5, 5.41) is 10.3.